The van der Waals surface area contributed by atoms with Gasteiger partial charge in [0.25, 0.3) is 0 Å². The van der Waals surface area contributed by atoms with Crippen LogP contribution in [0.3, 0.4) is 0 Å². The maximum Gasteiger partial charge on any atom is 0.314 e. The molecule has 6 nitrogen and oxygen atoms in total. The van der Waals surface area contributed by atoms with Crippen molar-refractivity contribution in [3.8, 4) is 0 Å². The highest BCUT2D eigenvalue weighted by atomic mass is 16.5. The fourth-order valence-electron chi connectivity index (χ4n) is 1.74. The van der Waals surface area contributed by atoms with Crippen LogP contribution in [0.1, 0.15) is 40.0 Å². The average molecular weight is 288 g/mol. The Morgan fingerprint density at radius 3 is 2.45 bits per heavy atom. The predicted molar refractivity (Wildman–Crippen MR) is 77.7 cm³/mol. The lowest BCUT2D eigenvalue weighted by Crippen LogP contribution is -2.40. The van der Waals surface area contributed by atoms with Gasteiger partial charge in [0, 0.05) is 26.3 Å². The molecule has 0 bridgehead atoms. The second kappa shape index (κ2) is 11.5. The normalized spacial score (nSPS) is 12.2. The van der Waals surface area contributed by atoms with Gasteiger partial charge in [-0.3, -0.25) is 4.79 Å². The molecule has 0 aromatic rings. The van der Waals surface area contributed by atoms with Gasteiger partial charge in [0.15, 0.2) is 0 Å². The fraction of sp³-hybridized carbons (Fsp3) is 0.857. The lowest BCUT2D eigenvalue weighted by Gasteiger charge is -2.15. The first kappa shape index (κ1) is 18.7. The number of carboxylic acid groups (broad SMARTS) is 1. The number of hydrogen-bond acceptors (Lipinski definition) is 3. The number of rotatable bonds is 11. The molecular formula is C14H28N2O4. The number of amides is 2. The molecule has 0 aliphatic heterocycles. The minimum absolute atomic E-state index is 0.158. The zero-order valence-electron chi connectivity index (χ0n) is 12.8. The van der Waals surface area contributed by atoms with Gasteiger partial charge in [-0.1, -0.05) is 20.8 Å². The van der Waals surface area contributed by atoms with Crippen molar-refractivity contribution in [2.75, 3.05) is 26.3 Å². The number of nitrogens with one attached hydrogen (secondary N) is 2. The molecule has 1 unspecified atom stereocenters. The van der Waals surface area contributed by atoms with E-state index in [4.69, 9.17) is 9.84 Å². The molecule has 0 aliphatic rings. The number of aliphatic carboxylic acids is 1. The van der Waals surface area contributed by atoms with E-state index in [9.17, 15) is 9.59 Å². The van der Waals surface area contributed by atoms with Crippen LogP contribution in [0.2, 0.25) is 0 Å². The third kappa shape index (κ3) is 10.6. The Morgan fingerprint density at radius 1 is 1.20 bits per heavy atom. The van der Waals surface area contributed by atoms with Crippen molar-refractivity contribution in [1.29, 1.82) is 0 Å². The highest BCUT2D eigenvalue weighted by Crippen LogP contribution is 2.10. The van der Waals surface area contributed by atoms with Gasteiger partial charge in [0.05, 0.1) is 5.92 Å². The van der Waals surface area contributed by atoms with Crippen molar-refractivity contribution < 1.29 is 19.4 Å². The maximum atomic E-state index is 11.5. The van der Waals surface area contributed by atoms with Crippen LogP contribution in [-0.2, 0) is 9.53 Å². The van der Waals surface area contributed by atoms with E-state index >= 15 is 0 Å². The molecule has 118 valence electrons. The minimum Gasteiger partial charge on any atom is -0.481 e. The first-order valence-electron chi connectivity index (χ1n) is 7.29. The van der Waals surface area contributed by atoms with Crippen LogP contribution >= 0.6 is 0 Å². The topological polar surface area (TPSA) is 87.7 Å². The van der Waals surface area contributed by atoms with Gasteiger partial charge in [0.1, 0.15) is 0 Å². The third-order valence-corrected chi connectivity index (χ3v) is 2.71. The van der Waals surface area contributed by atoms with Crippen molar-refractivity contribution in [3.05, 3.63) is 0 Å². The first-order valence-corrected chi connectivity index (χ1v) is 7.29. The average Bonchev–Trinajstić information content (AvgIpc) is 2.37. The summed E-state index contributed by atoms with van der Waals surface area (Å²) in [6.07, 6.45) is 2.29. The summed E-state index contributed by atoms with van der Waals surface area (Å²) in [5, 5.41) is 14.3. The van der Waals surface area contributed by atoms with Crippen LogP contribution in [0.15, 0.2) is 0 Å². The summed E-state index contributed by atoms with van der Waals surface area (Å²) >= 11 is 0. The largest absolute Gasteiger partial charge is 0.481 e. The van der Waals surface area contributed by atoms with E-state index in [0.717, 1.165) is 19.4 Å². The number of hydrogen-bond donors (Lipinski definition) is 3. The Labute approximate surface area is 121 Å². The molecular weight excluding hydrogens is 260 g/mol. The second-order valence-electron chi connectivity index (χ2n) is 5.27. The van der Waals surface area contributed by atoms with Crippen molar-refractivity contribution in [2.45, 2.75) is 40.0 Å². The highest BCUT2D eigenvalue weighted by Gasteiger charge is 2.19. The van der Waals surface area contributed by atoms with Crippen LogP contribution in [0.25, 0.3) is 0 Å². The molecule has 20 heavy (non-hydrogen) atoms. The van der Waals surface area contributed by atoms with Gasteiger partial charge < -0.3 is 20.5 Å². The van der Waals surface area contributed by atoms with E-state index in [0.29, 0.717) is 19.6 Å². The Kier molecular flexibility index (Phi) is 10.8. The summed E-state index contributed by atoms with van der Waals surface area (Å²) < 4.78 is 5.29. The number of carbonyl (C=O) groups is 2. The van der Waals surface area contributed by atoms with Crippen LogP contribution in [0.5, 0.6) is 0 Å². The molecule has 0 radical (unpaired) electrons. The van der Waals surface area contributed by atoms with Crippen molar-refractivity contribution in [1.82, 2.24) is 10.6 Å². The lowest BCUT2D eigenvalue weighted by atomic mass is 9.97. The van der Waals surface area contributed by atoms with Crippen LogP contribution in [0.4, 0.5) is 4.79 Å². The van der Waals surface area contributed by atoms with Gasteiger partial charge in [-0.25, -0.2) is 4.79 Å². The van der Waals surface area contributed by atoms with Gasteiger partial charge >= 0.3 is 12.0 Å². The van der Waals surface area contributed by atoms with Crippen molar-refractivity contribution >= 4 is 12.0 Å². The number of ether oxygens (including phenoxy) is 1. The Hall–Kier alpha value is -1.30. The summed E-state index contributed by atoms with van der Waals surface area (Å²) in [6.45, 7) is 8.02. The monoisotopic (exact) mass is 288 g/mol. The molecule has 6 heteroatoms. The number of carbonyl (C=O) groups excluding carboxylic acids is 1. The molecule has 1 atom stereocenters. The zero-order chi connectivity index (χ0) is 15.4. The molecule has 0 spiro atoms. The summed E-state index contributed by atoms with van der Waals surface area (Å²) in [5.74, 6) is -1.11. The summed E-state index contributed by atoms with van der Waals surface area (Å²) in [5.41, 5.74) is 0. The molecule has 2 amide bonds. The Bertz CT molecular complexity index is 282. The highest BCUT2D eigenvalue weighted by molar-refractivity contribution is 5.75. The van der Waals surface area contributed by atoms with E-state index in [1.54, 1.807) is 0 Å². The lowest BCUT2D eigenvalue weighted by molar-refractivity contribution is -0.142. The molecule has 0 saturated carbocycles. The summed E-state index contributed by atoms with van der Waals surface area (Å²) in [7, 11) is 0. The molecule has 0 rings (SSSR count). The van der Waals surface area contributed by atoms with Gasteiger partial charge in [-0.05, 0) is 25.2 Å². The molecule has 0 aromatic carbocycles. The molecule has 0 aliphatic carbocycles. The van der Waals surface area contributed by atoms with Crippen LogP contribution in [-0.4, -0.2) is 43.4 Å². The van der Waals surface area contributed by atoms with Gasteiger partial charge in [-0.15, -0.1) is 0 Å². The van der Waals surface area contributed by atoms with Gasteiger partial charge in [-0.2, -0.15) is 0 Å². The second-order valence-corrected chi connectivity index (χ2v) is 5.27. The van der Waals surface area contributed by atoms with Gasteiger partial charge in [0.2, 0.25) is 0 Å². The van der Waals surface area contributed by atoms with Crippen molar-refractivity contribution in [3.63, 3.8) is 0 Å². The Balaban J connectivity index is 3.71. The molecule has 0 fully saturated rings. The van der Waals surface area contributed by atoms with Crippen LogP contribution in [0, 0.1) is 11.8 Å². The van der Waals surface area contributed by atoms with E-state index in [1.165, 1.54) is 0 Å². The Morgan fingerprint density at radius 2 is 1.90 bits per heavy atom. The summed E-state index contributed by atoms with van der Waals surface area (Å²) in [4.78, 5) is 22.5. The van der Waals surface area contributed by atoms with E-state index in [2.05, 4.69) is 10.6 Å². The summed E-state index contributed by atoms with van der Waals surface area (Å²) in [6, 6.07) is -0.324. The first-order chi connectivity index (χ1) is 9.47. The van der Waals surface area contributed by atoms with E-state index in [-0.39, 0.29) is 18.5 Å². The van der Waals surface area contributed by atoms with E-state index in [1.807, 2.05) is 20.8 Å². The minimum atomic E-state index is -0.869. The van der Waals surface area contributed by atoms with E-state index < -0.39 is 11.9 Å². The third-order valence-electron chi connectivity index (χ3n) is 2.71. The fourth-order valence-corrected chi connectivity index (χ4v) is 1.74. The zero-order valence-corrected chi connectivity index (χ0v) is 12.8. The quantitative estimate of drug-likeness (QED) is 0.506. The standard InChI is InChI=1S/C14H28N2O4/c1-4-7-20-8-5-6-15-14(19)16-10-12(13(17)18)9-11(2)3/h11-12H,4-10H2,1-3H3,(H,17,18)(H2,15,16,19). The smallest absolute Gasteiger partial charge is 0.314 e. The molecule has 0 heterocycles. The number of carboxylic acids is 1. The van der Waals surface area contributed by atoms with Crippen LogP contribution < -0.4 is 10.6 Å². The molecule has 0 saturated heterocycles. The predicted octanol–water partition coefficient (Wildman–Crippen LogP) is 1.85. The van der Waals surface area contributed by atoms with Crippen molar-refractivity contribution in [2.24, 2.45) is 11.8 Å². The number of urea groups is 1. The maximum absolute atomic E-state index is 11.5. The molecule has 0 aromatic heterocycles. The SMILES string of the molecule is CCCOCCCNC(=O)NCC(CC(C)C)C(=O)O. The molecule has 3 N–H and O–H groups in total.